The van der Waals surface area contributed by atoms with Gasteiger partial charge in [-0.05, 0) is 87.9 Å². The third kappa shape index (κ3) is 3.26. The highest BCUT2D eigenvalue weighted by atomic mass is 14.4. The Morgan fingerprint density at radius 3 is 1.37 bits per heavy atom. The van der Waals surface area contributed by atoms with Crippen molar-refractivity contribution in [2.75, 3.05) is 0 Å². The van der Waals surface area contributed by atoms with E-state index in [4.69, 9.17) is 0 Å². The second kappa shape index (κ2) is 6.46. The van der Waals surface area contributed by atoms with Gasteiger partial charge in [-0.3, -0.25) is 0 Å². The lowest BCUT2D eigenvalue weighted by Crippen LogP contribution is -2.30. The molecule has 108 valence electrons. The average Bonchev–Trinajstić information content (AvgIpc) is 2.39. The molecule has 0 aliphatic heterocycles. The standard InChI is InChI=1S/C19H32/c1-2-4-15-7-9-17(10-8-15)19-13-11-18(12-14-19)16-5-3-6-16/h2,4,15-19H,3,5-14H2,1H3/b4-2+. The molecule has 3 rings (SSSR count). The van der Waals surface area contributed by atoms with Gasteiger partial charge < -0.3 is 0 Å². The van der Waals surface area contributed by atoms with Gasteiger partial charge in [0, 0.05) is 0 Å². The largest absolute Gasteiger partial charge is 0.0914 e. The Bertz CT molecular complexity index is 283. The van der Waals surface area contributed by atoms with Crippen molar-refractivity contribution in [3.05, 3.63) is 12.2 Å². The molecule has 0 atom stereocenters. The highest BCUT2D eigenvalue weighted by molar-refractivity contribution is 4.91. The van der Waals surface area contributed by atoms with E-state index in [1.54, 1.807) is 38.5 Å². The summed E-state index contributed by atoms with van der Waals surface area (Å²) in [6.07, 6.45) is 21.6. The highest BCUT2D eigenvalue weighted by Gasteiger charge is 2.34. The van der Waals surface area contributed by atoms with E-state index in [1.807, 2.05) is 0 Å². The van der Waals surface area contributed by atoms with Gasteiger partial charge in [0.15, 0.2) is 0 Å². The van der Waals surface area contributed by atoms with E-state index in [2.05, 4.69) is 19.1 Å². The van der Waals surface area contributed by atoms with E-state index in [0.29, 0.717) is 0 Å². The van der Waals surface area contributed by atoms with Gasteiger partial charge in [0.05, 0.1) is 0 Å². The summed E-state index contributed by atoms with van der Waals surface area (Å²) in [6, 6.07) is 0. The zero-order chi connectivity index (χ0) is 13.1. The maximum absolute atomic E-state index is 2.45. The lowest BCUT2D eigenvalue weighted by molar-refractivity contribution is 0.102. The van der Waals surface area contributed by atoms with Crippen molar-refractivity contribution < 1.29 is 0 Å². The van der Waals surface area contributed by atoms with Crippen molar-refractivity contribution in [3.63, 3.8) is 0 Å². The van der Waals surface area contributed by atoms with Crippen LogP contribution in [0.4, 0.5) is 0 Å². The first-order chi connectivity index (χ1) is 9.36. The molecule has 0 heteroatoms. The minimum Gasteiger partial charge on any atom is -0.0914 e. The molecule has 3 aliphatic carbocycles. The first-order valence-electron chi connectivity index (χ1n) is 8.99. The predicted octanol–water partition coefficient (Wildman–Crippen LogP) is 5.98. The second-order valence-corrected chi connectivity index (χ2v) is 7.57. The zero-order valence-corrected chi connectivity index (χ0v) is 12.8. The lowest BCUT2D eigenvalue weighted by Gasteiger charge is -2.41. The molecular weight excluding hydrogens is 228 g/mol. The van der Waals surface area contributed by atoms with Crippen molar-refractivity contribution in [2.24, 2.45) is 29.6 Å². The lowest BCUT2D eigenvalue weighted by atomic mass is 9.64. The van der Waals surface area contributed by atoms with Gasteiger partial charge in [0.2, 0.25) is 0 Å². The molecule has 0 heterocycles. The quantitative estimate of drug-likeness (QED) is 0.548. The third-order valence-corrected chi connectivity index (χ3v) is 6.58. The Morgan fingerprint density at radius 1 is 0.579 bits per heavy atom. The van der Waals surface area contributed by atoms with E-state index in [1.165, 1.54) is 32.1 Å². The first kappa shape index (κ1) is 13.7. The molecule has 0 unspecified atom stereocenters. The molecule has 3 aliphatic rings. The van der Waals surface area contributed by atoms with Gasteiger partial charge in [-0.15, -0.1) is 0 Å². The molecule has 0 radical (unpaired) electrons. The fourth-order valence-electron chi connectivity index (χ4n) is 5.08. The summed E-state index contributed by atoms with van der Waals surface area (Å²) in [5, 5.41) is 0. The van der Waals surface area contributed by atoms with E-state index in [0.717, 1.165) is 29.6 Å². The molecule has 0 spiro atoms. The van der Waals surface area contributed by atoms with Crippen LogP contribution in [0.15, 0.2) is 12.2 Å². The topological polar surface area (TPSA) is 0 Å². The van der Waals surface area contributed by atoms with Crippen LogP contribution in [0.3, 0.4) is 0 Å². The monoisotopic (exact) mass is 260 g/mol. The molecule has 0 aromatic rings. The molecule has 19 heavy (non-hydrogen) atoms. The second-order valence-electron chi connectivity index (χ2n) is 7.57. The molecule has 0 nitrogen and oxygen atoms in total. The Kier molecular flexibility index (Phi) is 4.66. The van der Waals surface area contributed by atoms with Crippen molar-refractivity contribution in [3.8, 4) is 0 Å². The smallest absolute Gasteiger partial charge is 0.0233 e. The zero-order valence-electron chi connectivity index (χ0n) is 12.8. The third-order valence-electron chi connectivity index (χ3n) is 6.58. The minimum atomic E-state index is 0.910. The van der Waals surface area contributed by atoms with Crippen LogP contribution >= 0.6 is 0 Å². The summed E-state index contributed by atoms with van der Waals surface area (Å²) in [5.41, 5.74) is 0. The van der Waals surface area contributed by atoms with E-state index in [9.17, 15) is 0 Å². The van der Waals surface area contributed by atoms with Gasteiger partial charge in [-0.1, -0.05) is 31.4 Å². The molecule has 3 fully saturated rings. The Morgan fingerprint density at radius 2 is 1.00 bits per heavy atom. The number of rotatable bonds is 3. The van der Waals surface area contributed by atoms with Crippen LogP contribution in [0.2, 0.25) is 0 Å². The van der Waals surface area contributed by atoms with Crippen LogP contribution < -0.4 is 0 Å². The van der Waals surface area contributed by atoms with Crippen LogP contribution in [0.1, 0.15) is 77.6 Å². The molecular formula is C19H32. The van der Waals surface area contributed by atoms with Crippen molar-refractivity contribution in [2.45, 2.75) is 77.6 Å². The summed E-state index contributed by atoms with van der Waals surface area (Å²) >= 11 is 0. The molecule has 0 aromatic carbocycles. The number of hydrogen-bond donors (Lipinski definition) is 0. The summed E-state index contributed by atoms with van der Waals surface area (Å²) in [7, 11) is 0. The summed E-state index contributed by atoms with van der Waals surface area (Å²) in [4.78, 5) is 0. The van der Waals surface area contributed by atoms with Gasteiger partial charge in [0.25, 0.3) is 0 Å². The van der Waals surface area contributed by atoms with Crippen LogP contribution in [-0.2, 0) is 0 Å². The van der Waals surface area contributed by atoms with Gasteiger partial charge in [-0.2, -0.15) is 0 Å². The fourth-order valence-corrected chi connectivity index (χ4v) is 5.08. The minimum absolute atomic E-state index is 0.910. The first-order valence-corrected chi connectivity index (χ1v) is 8.99. The molecule has 0 saturated heterocycles. The van der Waals surface area contributed by atoms with E-state index >= 15 is 0 Å². The van der Waals surface area contributed by atoms with Crippen molar-refractivity contribution in [1.29, 1.82) is 0 Å². The SMILES string of the molecule is C/C=C/C1CCC(C2CCC(C3CCC3)CC2)CC1. The maximum Gasteiger partial charge on any atom is -0.0233 e. The summed E-state index contributed by atoms with van der Waals surface area (Å²) in [5.74, 6) is 5.37. The predicted molar refractivity (Wildman–Crippen MR) is 83.1 cm³/mol. The number of hydrogen-bond acceptors (Lipinski definition) is 0. The van der Waals surface area contributed by atoms with E-state index in [-0.39, 0.29) is 0 Å². The van der Waals surface area contributed by atoms with Gasteiger partial charge in [0.1, 0.15) is 0 Å². The molecule has 0 amide bonds. The van der Waals surface area contributed by atoms with Crippen LogP contribution in [0.25, 0.3) is 0 Å². The molecule has 3 saturated carbocycles. The Labute approximate surface area is 120 Å². The average molecular weight is 260 g/mol. The maximum atomic E-state index is 2.45. The summed E-state index contributed by atoms with van der Waals surface area (Å²) in [6.45, 7) is 2.17. The van der Waals surface area contributed by atoms with Gasteiger partial charge in [-0.25, -0.2) is 0 Å². The van der Waals surface area contributed by atoms with E-state index < -0.39 is 0 Å². The normalized spacial score (nSPS) is 41.3. The van der Waals surface area contributed by atoms with Crippen molar-refractivity contribution >= 4 is 0 Å². The number of allylic oxidation sites excluding steroid dienone is 2. The highest BCUT2D eigenvalue weighted by Crippen LogP contribution is 2.46. The Hall–Kier alpha value is -0.260. The fraction of sp³-hybridized carbons (Fsp3) is 0.895. The molecule has 0 N–H and O–H groups in total. The molecule has 0 aromatic heterocycles. The molecule has 0 bridgehead atoms. The van der Waals surface area contributed by atoms with Crippen LogP contribution in [0, 0.1) is 29.6 Å². The van der Waals surface area contributed by atoms with Crippen LogP contribution in [0.5, 0.6) is 0 Å². The van der Waals surface area contributed by atoms with Crippen LogP contribution in [-0.4, -0.2) is 0 Å². The van der Waals surface area contributed by atoms with Gasteiger partial charge >= 0.3 is 0 Å². The summed E-state index contributed by atoms with van der Waals surface area (Å²) < 4.78 is 0. The Balaban J connectivity index is 1.42. The van der Waals surface area contributed by atoms with Crippen molar-refractivity contribution in [1.82, 2.24) is 0 Å².